The van der Waals surface area contributed by atoms with Crippen molar-refractivity contribution < 1.29 is 4.74 Å². The van der Waals surface area contributed by atoms with Gasteiger partial charge in [-0.25, -0.2) is 4.98 Å². The van der Waals surface area contributed by atoms with Crippen molar-refractivity contribution >= 4 is 5.69 Å². The number of nitrogens with two attached hydrogens (primary N) is 1. The van der Waals surface area contributed by atoms with Crippen LogP contribution < -0.4 is 16.6 Å². The zero-order chi connectivity index (χ0) is 17.1. The number of aromatic nitrogens is 1. The summed E-state index contributed by atoms with van der Waals surface area (Å²) in [5.41, 5.74) is 12.6. The highest BCUT2D eigenvalue weighted by Gasteiger charge is 2.18. The SMILES string of the molecule is CCC(CC)c1cc(C)nc(Oc2c(C)cc(C)cc2C)c1N.N. The Bertz CT molecular complexity index is 683. The molecular weight excluding hydrogens is 298 g/mol. The lowest BCUT2D eigenvalue weighted by molar-refractivity contribution is 0.455. The molecule has 4 heteroatoms. The van der Waals surface area contributed by atoms with Gasteiger partial charge in [-0.1, -0.05) is 31.5 Å². The molecule has 5 N–H and O–H groups in total. The van der Waals surface area contributed by atoms with Crippen LogP contribution in [0.15, 0.2) is 18.2 Å². The number of pyridine rings is 1. The Labute approximate surface area is 146 Å². The quantitative estimate of drug-likeness (QED) is 0.731. The molecule has 132 valence electrons. The number of aryl methyl sites for hydroxylation is 4. The second-order valence-electron chi connectivity index (χ2n) is 6.42. The molecule has 0 fully saturated rings. The molecule has 0 bridgehead atoms. The number of hydrogen-bond donors (Lipinski definition) is 2. The normalized spacial score (nSPS) is 10.6. The summed E-state index contributed by atoms with van der Waals surface area (Å²) in [6.45, 7) is 12.6. The molecule has 0 atom stereocenters. The second kappa shape index (κ2) is 8.15. The van der Waals surface area contributed by atoms with Crippen LogP contribution in [-0.2, 0) is 0 Å². The van der Waals surface area contributed by atoms with Crippen LogP contribution in [0.1, 0.15) is 60.6 Å². The van der Waals surface area contributed by atoms with E-state index in [1.165, 1.54) is 5.56 Å². The molecule has 0 radical (unpaired) electrons. The Morgan fingerprint density at radius 1 is 1.00 bits per heavy atom. The van der Waals surface area contributed by atoms with Crippen molar-refractivity contribution in [3.8, 4) is 11.6 Å². The number of benzene rings is 1. The fourth-order valence-corrected chi connectivity index (χ4v) is 3.25. The Balaban J connectivity index is 0.00000288. The summed E-state index contributed by atoms with van der Waals surface area (Å²) in [5.74, 6) is 1.83. The zero-order valence-electron chi connectivity index (χ0n) is 15.9. The van der Waals surface area contributed by atoms with Gasteiger partial charge >= 0.3 is 0 Å². The Morgan fingerprint density at radius 3 is 2.04 bits per heavy atom. The molecular formula is C20H31N3O. The van der Waals surface area contributed by atoms with E-state index in [9.17, 15) is 0 Å². The predicted molar refractivity (Wildman–Crippen MR) is 102 cm³/mol. The Kier molecular flexibility index (Phi) is 6.79. The second-order valence-corrected chi connectivity index (χ2v) is 6.42. The molecule has 0 aliphatic carbocycles. The van der Waals surface area contributed by atoms with Gasteiger partial charge in [-0.15, -0.1) is 0 Å². The number of rotatable bonds is 5. The van der Waals surface area contributed by atoms with E-state index in [0.29, 0.717) is 17.5 Å². The minimum Gasteiger partial charge on any atom is -0.437 e. The third-order valence-corrected chi connectivity index (χ3v) is 4.41. The summed E-state index contributed by atoms with van der Waals surface area (Å²) < 4.78 is 6.15. The lowest BCUT2D eigenvalue weighted by Gasteiger charge is -2.19. The lowest BCUT2D eigenvalue weighted by atomic mass is 9.93. The molecule has 4 nitrogen and oxygen atoms in total. The summed E-state index contributed by atoms with van der Waals surface area (Å²) in [6, 6.07) is 6.33. The summed E-state index contributed by atoms with van der Waals surface area (Å²) in [6.07, 6.45) is 2.12. The molecule has 0 saturated heterocycles. The van der Waals surface area contributed by atoms with Crippen LogP contribution in [0.2, 0.25) is 0 Å². The fraction of sp³-hybridized carbons (Fsp3) is 0.450. The molecule has 24 heavy (non-hydrogen) atoms. The van der Waals surface area contributed by atoms with Crippen molar-refractivity contribution in [3.05, 3.63) is 46.1 Å². The van der Waals surface area contributed by atoms with E-state index >= 15 is 0 Å². The van der Waals surface area contributed by atoms with Crippen LogP contribution in [0.3, 0.4) is 0 Å². The van der Waals surface area contributed by atoms with E-state index in [1.54, 1.807) is 0 Å². The van der Waals surface area contributed by atoms with E-state index in [-0.39, 0.29) is 6.15 Å². The first-order chi connectivity index (χ1) is 10.9. The van der Waals surface area contributed by atoms with Crippen molar-refractivity contribution in [2.45, 2.75) is 60.3 Å². The molecule has 0 spiro atoms. The predicted octanol–water partition coefficient (Wildman–Crippen LogP) is 5.76. The van der Waals surface area contributed by atoms with Crippen LogP contribution in [0.4, 0.5) is 5.69 Å². The van der Waals surface area contributed by atoms with Gasteiger partial charge in [0.05, 0.1) is 5.69 Å². The third kappa shape index (κ3) is 4.06. The maximum Gasteiger partial charge on any atom is 0.243 e. The average Bonchev–Trinajstić information content (AvgIpc) is 2.48. The summed E-state index contributed by atoms with van der Waals surface area (Å²) in [7, 11) is 0. The van der Waals surface area contributed by atoms with Gasteiger partial charge in [0.2, 0.25) is 5.88 Å². The molecule has 0 saturated carbocycles. The van der Waals surface area contributed by atoms with Crippen LogP contribution >= 0.6 is 0 Å². The topological polar surface area (TPSA) is 83.1 Å². The van der Waals surface area contributed by atoms with Gasteiger partial charge < -0.3 is 16.6 Å². The summed E-state index contributed by atoms with van der Waals surface area (Å²) in [4.78, 5) is 4.54. The van der Waals surface area contributed by atoms with Crippen LogP contribution in [0.25, 0.3) is 0 Å². The third-order valence-electron chi connectivity index (χ3n) is 4.41. The smallest absolute Gasteiger partial charge is 0.243 e. The van der Waals surface area contributed by atoms with Gasteiger partial charge in [0, 0.05) is 5.69 Å². The van der Waals surface area contributed by atoms with Gasteiger partial charge in [-0.05, 0) is 69.2 Å². The first kappa shape index (κ1) is 20.0. The number of nitrogen functional groups attached to an aromatic ring is 1. The number of hydrogen-bond acceptors (Lipinski definition) is 4. The molecule has 1 aromatic heterocycles. The van der Waals surface area contributed by atoms with Crippen molar-refractivity contribution in [1.82, 2.24) is 11.1 Å². The van der Waals surface area contributed by atoms with Gasteiger partial charge in [-0.2, -0.15) is 0 Å². The number of nitrogens with zero attached hydrogens (tertiary/aromatic N) is 1. The number of anilines is 1. The highest BCUT2D eigenvalue weighted by Crippen LogP contribution is 2.37. The molecule has 1 aromatic carbocycles. The standard InChI is InChI=1S/C20H28N2O.H3N/c1-7-16(8-2)17-11-15(6)22-20(18(17)21)23-19-13(4)9-12(3)10-14(19)5;/h9-11,16H,7-8,21H2,1-6H3;1H3. The van der Waals surface area contributed by atoms with Gasteiger partial charge in [0.25, 0.3) is 0 Å². The summed E-state index contributed by atoms with van der Waals surface area (Å²) >= 11 is 0. The van der Waals surface area contributed by atoms with E-state index < -0.39 is 0 Å². The number of ether oxygens (including phenoxy) is 1. The van der Waals surface area contributed by atoms with Gasteiger partial charge in [0.1, 0.15) is 5.75 Å². The van der Waals surface area contributed by atoms with Crippen molar-refractivity contribution in [3.63, 3.8) is 0 Å². The molecule has 0 aliphatic heterocycles. The summed E-state index contributed by atoms with van der Waals surface area (Å²) in [5, 5.41) is 0. The van der Waals surface area contributed by atoms with Gasteiger partial charge in [-0.3, -0.25) is 0 Å². The van der Waals surface area contributed by atoms with E-state index in [4.69, 9.17) is 10.5 Å². The van der Waals surface area contributed by atoms with Crippen LogP contribution in [0.5, 0.6) is 11.6 Å². The fourth-order valence-electron chi connectivity index (χ4n) is 3.25. The largest absolute Gasteiger partial charge is 0.437 e. The van der Waals surface area contributed by atoms with Crippen molar-refractivity contribution in [1.29, 1.82) is 0 Å². The average molecular weight is 329 g/mol. The van der Waals surface area contributed by atoms with E-state index in [1.807, 2.05) is 6.92 Å². The van der Waals surface area contributed by atoms with Gasteiger partial charge in [0.15, 0.2) is 0 Å². The highest BCUT2D eigenvalue weighted by atomic mass is 16.5. The maximum atomic E-state index is 6.39. The monoisotopic (exact) mass is 329 g/mol. The minimum atomic E-state index is 0. The molecule has 1 heterocycles. The first-order valence-corrected chi connectivity index (χ1v) is 8.40. The molecule has 0 aliphatic rings. The zero-order valence-corrected chi connectivity index (χ0v) is 15.9. The van der Waals surface area contributed by atoms with E-state index in [2.05, 4.69) is 57.8 Å². The molecule has 2 rings (SSSR count). The van der Waals surface area contributed by atoms with Crippen LogP contribution in [0, 0.1) is 27.7 Å². The van der Waals surface area contributed by atoms with Crippen molar-refractivity contribution in [2.75, 3.05) is 5.73 Å². The minimum absolute atomic E-state index is 0. The molecule has 0 unspecified atom stereocenters. The molecule has 2 aromatic rings. The van der Waals surface area contributed by atoms with E-state index in [0.717, 1.165) is 41.0 Å². The first-order valence-electron chi connectivity index (χ1n) is 8.40. The maximum absolute atomic E-state index is 6.39. The highest BCUT2D eigenvalue weighted by molar-refractivity contribution is 5.59. The van der Waals surface area contributed by atoms with Crippen LogP contribution in [-0.4, -0.2) is 4.98 Å². The molecule has 0 amide bonds. The van der Waals surface area contributed by atoms with Crippen molar-refractivity contribution in [2.24, 2.45) is 0 Å². The Morgan fingerprint density at radius 2 is 1.54 bits per heavy atom. The lowest BCUT2D eigenvalue weighted by Crippen LogP contribution is -2.06. The Hall–Kier alpha value is -2.07.